The van der Waals surface area contributed by atoms with Gasteiger partial charge in [0.25, 0.3) is 5.56 Å². The van der Waals surface area contributed by atoms with Crippen LogP contribution in [0, 0.1) is 5.82 Å². The summed E-state index contributed by atoms with van der Waals surface area (Å²) < 4.78 is 20.2. The number of nitrogens with one attached hydrogen (secondary N) is 1. The minimum atomic E-state index is -0.470. The van der Waals surface area contributed by atoms with Crippen LogP contribution in [0.15, 0.2) is 35.3 Å². The predicted octanol–water partition coefficient (Wildman–Crippen LogP) is 2.26. The summed E-state index contributed by atoms with van der Waals surface area (Å²) in [5, 5.41) is 7.14. The van der Waals surface area contributed by atoms with Crippen LogP contribution in [0.3, 0.4) is 0 Å². The van der Waals surface area contributed by atoms with Crippen LogP contribution in [0.25, 0.3) is 0 Å². The molecule has 0 saturated heterocycles. The van der Waals surface area contributed by atoms with Gasteiger partial charge in [0, 0.05) is 18.2 Å². The fourth-order valence-electron chi connectivity index (χ4n) is 1.92. The van der Waals surface area contributed by atoms with E-state index in [-0.39, 0.29) is 17.9 Å². The molecule has 0 aliphatic heterocycles. The lowest BCUT2D eigenvalue weighted by Crippen LogP contribution is -2.23. The summed E-state index contributed by atoms with van der Waals surface area (Å²) in [5.74, 6) is -0.316. The van der Waals surface area contributed by atoms with Gasteiger partial charge in [-0.25, -0.2) is 9.07 Å². The topological polar surface area (TPSA) is 56.1 Å². The van der Waals surface area contributed by atoms with Gasteiger partial charge in [0.2, 0.25) is 0 Å². The van der Waals surface area contributed by atoms with Crippen molar-refractivity contribution in [1.29, 1.82) is 0 Å². The fraction of sp³-hybridized carbons (Fsp3) is 0.333. The first-order valence-corrected chi connectivity index (χ1v) is 6.78. The number of benzene rings is 1. The van der Waals surface area contributed by atoms with Gasteiger partial charge in [-0.15, -0.1) is 0 Å². The van der Waals surface area contributed by atoms with Crippen LogP contribution >= 0.6 is 0 Å². The molecule has 5 nitrogen and oxygen atoms in total. The Balaban J connectivity index is 2.22. The molecule has 6 heteroatoms. The molecule has 0 amide bonds. The molecule has 1 aromatic carbocycles. The van der Waals surface area contributed by atoms with Gasteiger partial charge in [-0.2, -0.15) is 5.10 Å². The first-order chi connectivity index (χ1) is 10.2. The molecule has 0 saturated carbocycles. The largest absolute Gasteiger partial charge is 0.494 e. The maximum atomic E-state index is 14.1. The monoisotopic (exact) mass is 291 g/mol. The highest BCUT2D eigenvalue weighted by Gasteiger charge is 2.10. The first kappa shape index (κ1) is 15.0. The molecule has 0 spiro atoms. The third-order valence-corrected chi connectivity index (χ3v) is 3.03. The van der Waals surface area contributed by atoms with Crippen LogP contribution in [-0.4, -0.2) is 23.4 Å². The van der Waals surface area contributed by atoms with Gasteiger partial charge in [0.05, 0.1) is 25.5 Å². The Morgan fingerprint density at radius 2 is 2.24 bits per heavy atom. The van der Waals surface area contributed by atoms with E-state index in [0.717, 1.165) is 13.0 Å². The molecule has 21 heavy (non-hydrogen) atoms. The predicted molar refractivity (Wildman–Crippen MR) is 79.3 cm³/mol. The molecular weight excluding hydrogens is 273 g/mol. The van der Waals surface area contributed by atoms with Gasteiger partial charge in [-0.1, -0.05) is 19.1 Å². The van der Waals surface area contributed by atoms with Gasteiger partial charge >= 0.3 is 0 Å². The average molecular weight is 291 g/mol. The number of rotatable bonds is 6. The molecule has 0 unspecified atom stereocenters. The van der Waals surface area contributed by atoms with E-state index in [1.807, 2.05) is 6.92 Å². The van der Waals surface area contributed by atoms with Crippen molar-refractivity contribution in [3.63, 3.8) is 0 Å². The van der Waals surface area contributed by atoms with Gasteiger partial charge in [-0.3, -0.25) is 4.79 Å². The summed E-state index contributed by atoms with van der Waals surface area (Å²) >= 11 is 0. The normalized spacial score (nSPS) is 10.4. The zero-order valence-corrected chi connectivity index (χ0v) is 12.1. The van der Waals surface area contributed by atoms with Crippen molar-refractivity contribution in [2.45, 2.75) is 19.9 Å². The van der Waals surface area contributed by atoms with E-state index >= 15 is 0 Å². The molecule has 112 valence electrons. The van der Waals surface area contributed by atoms with E-state index in [1.165, 1.54) is 23.9 Å². The zero-order valence-electron chi connectivity index (χ0n) is 12.1. The minimum absolute atomic E-state index is 0.0654. The van der Waals surface area contributed by atoms with Crippen LogP contribution in [0.1, 0.15) is 18.9 Å². The summed E-state index contributed by atoms with van der Waals surface area (Å²) in [6.45, 7) is 2.87. The third kappa shape index (κ3) is 3.59. The van der Waals surface area contributed by atoms with E-state index in [0.29, 0.717) is 11.3 Å². The molecule has 0 fully saturated rings. The second-order valence-corrected chi connectivity index (χ2v) is 4.60. The summed E-state index contributed by atoms with van der Waals surface area (Å²) in [6, 6.07) is 6.28. The number of methoxy groups -OCH3 is 1. The molecule has 1 N–H and O–H groups in total. The average Bonchev–Trinajstić information content (AvgIpc) is 2.49. The zero-order chi connectivity index (χ0) is 15.2. The lowest BCUT2D eigenvalue weighted by atomic mass is 10.2. The number of aromatic nitrogens is 2. The third-order valence-electron chi connectivity index (χ3n) is 3.03. The summed E-state index contributed by atoms with van der Waals surface area (Å²) in [4.78, 5) is 12.0. The van der Waals surface area contributed by atoms with Crippen LogP contribution in [0.5, 0.6) is 5.75 Å². The highest BCUT2D eigenvalue weighted by atomic mass is 19.1. The Labute approximate surface area is 122 Å². The smallest absolute Gasteiger partial charge is 0.269 e. The second-order valence-electron chi connectivity index (χ2n) is 4.60. The first-order valence-electron chi connectivity index (χ1n) is 6.78. The summed E-state index contributed by atoms with van der Waals surface area (Å²) in [5.41, 5.74) is 0.751. The minimum Gasteiger partial charge on any atom is -0.494 e. The summed E-state index contributed by atoms with van der Waals surface area (Å²) in [7, 11) is 1.40. The van der Waals surface area contributed by atoms with Gasteiger partial charge in [0.1, 0.15) is 0 Å². The number of hydrogen-bond donors (Lipinski definition) is 1. The van der Waals surface area contributed by atoms with Crippen molar-refractivity contribution < 1.29 is 9.13 Å². The molecule has 0 aliphatic carbocycles. The maximum Gasteiger partial charge on any atom is 0.269 e. The molecule has 0 radical (unpaired) electrons. The lowest BCUT2D eigenvalue weighted by molar-refractivity contribution is 0.383. The number of nitrogens with zero attached hydrogens (tertiary/aromatic N) is 2. The number of hydrogen-bond acceptors (Lipinski definition) is 4. The van der Waals surface area contributed by atoms with Crippen molar-refractivity contribution in [3.05, 3.63) is 52.2 Å². The van der Waals surface area contributed by atoms with E-state index in [2.05, 4.69) is 10.4 Å². The number of anilines is 1. The van der Waals surface area contributed by atoms with Gasteiger partial charge in [-0.05, 0) is 12.5 Å². The molecule has 0 bridgehead atoms. The van der Waals surface area contributed by atoms with E-state index < -0.39 is 5.82 Å². The van der Waals surface area contributed by atoms with Crippen LogP contribution in [-0.2, 0) is 6.54 Å². The maximum absolute atomic E-state index is 14.1. The lowest BCUT2D eigenvalue weighted by Gasteiger charge is -2.09. The molecule has 2 aromatic rings. The number of halogens is 1. The molecule has 2 rings (SSSR count). The van der Waals surface area contributed by atoms with Gasteiger partial charge < -0.3 is 10.1 Å². The van der Waals surface area contributed by atoms with Gasteiger partial charge in [0.15, 0.2) is 11.6 Å². The Kier molecular flexibility index (Phi) is 4.92. The molecule has 0 atom stereocenters. The Morgan fingerprint density at radius 1 is 1.43 bits per heavy atom. The van der Waals surface area contributed by atoms with E-state index in [1.54, 1.807) is 18.3 Å². The molecule has 1 heterocycles. The van der Waals surface area contributed by atoms with Crippen molar-refractivity contribution in [2.75, 3.05) is 19.0 Å². The van der Waals surface area contributed by atoms with Crippen LogP contribution in [0.2, 0.25) is 0 Å². The molecule has 0 aliphatic rings. The second kappa shape index (κ2) is 6.88. The standard InChI is InChI=1S/C15H18FN3O2/c1-3-7-17-12-8-14(20)19(18-9-12)10-11-5-4-6-13(21-2)15(11)16/h4-6,8-9,17H,3,7,10H2,1-2H3. The van der Waals surface area contributed by atoms with Crippen molar-refractivity contribution in [2.24, 2.45) is 0 Å². The van der Waals surface area contributed by atoms with Crippen molar-refractivity contribution in [3.8, 4) is 5.75 Å². The fourth-order valence-corrected chi connectivity index (χ4v) is 1.92. The summed E-state index contributed by atoms with van der Waals surface area (Å²) in [6.07, 6.45) is 2.52. The highest BCUT2D eigenvalue weighted by molar-refractivity contribution is 5.38. The van der Waals surface area contributed by atoms with Crippen LogP contribution < -0.4 is 15.6 Å². The molecular formula is C15H18FN3O2. The quantitative estimate of drug-likeness (QED) is 0.887. The van der Waals surface area contributed by atoms with E-state index in [4.69, 9.17) is 4.74 Å². The van der Waals surface area contributed by atoms with Crippen LogP contribution in [0.4, 0.5) is 10.1 Å². The highest BCUT2D eigenvalue weighted by Crippen LogP contribution is 2.20. The Hall–Kier alpha value is -2.37. The number of ether oxygens (including phenoxy) is 1. The Morgan fingerprint density at radius 3 is 2.90 bits per heavy atom. The van der Waals surface area contributed by atoms with Crippen molar-refractivity contribution >= 4 is 5.69 Å². The SMILES string of the molecule is CCCNc1cnn(Cc2cccc(OC)c2F)c(=O)c1. The van der Waals surface area contributed by atoms with E-state index in [9.17, 15) is 9.18 Å². The Bertz CT molecular complexity index is 670. The van der Waals surface area contributed by atoms with Crippen molar-refractivity contribution in [1.82, 2.24) is 9.78 Å². The molecule has 1 aromatic heterocycles.